The maximum atomic E-state index is 10.9. The van der Waals surface area contributed by atoms with Crippen LogP contribution in [0, 0.1) is 5.92 Å². The molecule has 0 amide bonds. The zero-order valence-corrected chi connectivity index (χ0v) is 16.9. The predicted molar refractivity (Wildman–Crippen MR) is 107 cm³/mol. The first-order valence-electron chi connectivity index (χ1n) is 9.56. The number of thiazole rings is 1. The molecule has 7 heteroatoms. The zero-order valence-electron chi connectivity index (χ0n) is 16.1. The highest BCUT2D eigenvalue weighted by Gasteiger charge is 2.31. The van der Waals surface area contributed by atoms with E-state index in [9.17, 15) is 5.11 Å². The Hall–Kier alpha value is -2.12. The molecule has 1 N–H and O–H groups in total. The van der Waals surface area contributed by atoms with Gasteiger partial charge in [0.05, 0.1) is 18.0 Å². The van der Waals surface area contributed by atoms with Crippen LogP contribution in [0.4, 0.5) is 0 Å². The van der Waals surface area contributed by atoms with Crippen molar-refractivity contribution in [3.63, 3.8) is 0 Å². The van der Waals surface area contributed by atoms with E-state index in [0.717, 1.165) is 52.4 Å². The van der Waals surface area contributed by atoms with Crippen molar-refractivity contribution in [2.45, 2.75) is 39.2 Å². The van der Waals surface area contributed by atoms with Gasteiger partial charge in [0.1, 0.15) is 5.75 Å². The number of fused-ring (bicyclic) bond motifs is 1. The van der Waals surface area contributed by atoms with Crippen LogP contribution in [-0.2, 0) is 6.42 Å². The number of piperidine rings is 1. The van der Waals surface area contributed by atoms with Crippen LogP contribution in [-0.4, -0.2) is 44.8 Å². The highest BCUT2D eigenvalue weighted by molar-refractivity contribution is 7.17. The van der Waals surface area contributed by atoms with Gasteiger partial charge < -0.3 is 9.84 Å². The lowest BCUT2D eigenvalue weighted by Crippen LogP contribution is -2.36. The number of hydrogen-bond acceptors (Lipinski definition) is 6. The molecule has 0 radical (unpaired) electrons. The molecule has 1 fully saturated rings. The fraction of sp³-hybridized carbons (Fsp3) is 0.500. The number of ether oxygens (including phenoxy) is 1. The number of aromatic hydroxyl groups is 1. The van der Waals surface area contributed by atoms with E-state index >= 15 is 0 Å². The lowest BCUT2D eigenvalue weighted by molar-refractivity contribution is 0.157. The largest absolute Gasteiger partial charge is 0.497 e. The van der Waals surface area contributed by atoms with E-state index in [2.05, 4.69) is 34.0 Å². The molecule has 1 aliphatic heterocycles. The maximum Gasteiger partial charge on any atom is 0.230 e. The van der Waals surface area contributed by atoms with Crippen molar-refractivity contribution >= 4 is 16.3 Å². The van der Waals surface area contributed by atoms with E-state index in [4.69, 9.17) is 4.74 Å². The Morgan fingerprint density at radius 2 is 1.96 bits per heavy atom. The second-order valence-corrected chi connectivity index (χ2v) is 8.27. The molecule has 1 aliphatic rings. The molecule has 27 heavy (non-hydrogen) atoms. The molecule has 144 valence electrons. The van der Waals surface area contributed by atoms with Gasteiger partial charge in [-0.25, -0.2) is 4.98 Å². The summed E-state index contributed by atoms with van der Waals surface area (Å²) in [5, 5.41) is 15.4. The molecular formula is C20H26N4O2S. The lowest BCUT2D eigenvalue weighted by Gasteiger charge is -2.36. The smallest absolute Gasteiger partial charge is 0.230 e. The molecule has 3 aromatic rings. The molecule has 0 bridgehead atoms. The molecule has 0 saturated carbocycles. The molecule has 4 rings (SSSR count). The second-order valence-electron chi connectivity index (χ2n) is 7.26. The van der Waals surface area contributed by atoms with Crippen LogP contribution < -0.4 is 4.74 Å². The molecule has 1 unspecified atom stereocenters. The van der Waals surface area contributed by atoms with Gasteiger partial charge in [0.15, 0.2) is 5.82 Å². The highest BCUT2D eigenvalue weighted by atomic mass is 32.1. The first-order chi connectivity index (χ1) is 13.1. The summed E-state index contributed by atoms with van der Waals surface area (Å²) >= 11 is 1.53. The van der Waals surface area contributed by atoms with Crippen molar-refractivity contribution in [1.82, 2.24) is 19.5 Å². The summed E-state index contributed by atoms with van der Waals surface area (Å²) in [5.74, 6) is 2.56. The third-order valence-electron chi connectivity index (χ3n) is 5.42. The van der Waals surface area contributed by atoms with Crippen molar-refractivity contribution in [1.29, 1.82) is 0 Å². The summed E-state index contributed by atoms with van der Waals surface area (Å²) in [7, 11) is 1.68. The van der Waals surface area contributed by atoms with Gasteiger partial charge in [0.25, 0.3) is 0 Å². The first kappa shape index (κ1) is 18.3. The van der Waals surface area contributed by atoms with Crippen molar-refractivity contribution in [2.75, 3.05) is 20.2 Å². The van der Waals surface area contributed by atoms with Crippen molar-refractivity contribution in [3.05, 3.63) is 40.5 Å². The van der Waals surface area contributed by atoms with Gasteiger partial charge in [0.2, 0.25) is 10.8 Å². The molecular weight excluding hydrogens is 360 g/mol. The first-order valence-corrected chi connectivity index (χ1v) is 10.4. The Morgan fingerprint density at radius 1 is 1.26 bits per heavy atom. The van der Waals surface area contributed by atoms with Crippen molar-refractivity contribution in [2.24, 2.45) is 5.92 Å². The van der Waals surface area contributed by atoms with Gasteiger partial charge in [-0.05, 0) is 49.5 Å². The Balaban J connectivity index is 1.77. The van der Waals surface area contributed by atoms with Crippen LogP contribution in [0.25, 0.3) is 4.96 Å². The van der Waals surface area contributed by atoms with Crippen LogP contribution in [0.5, 0.6) is 11.6 Å². The van der Waals surface area contributed by atoms with E-state index in [0.29, 0.717) is 0 Å². The van der Waals surface area contributed by atoms with E-state index in [1.165, 1.54) is 24.2 Å². The molecule has 1 aromatic carbocycles. The minimum absolute atomic E-state index is 0.00184. The van der Waals surface area contributed by atoms with Crippen molar-refractivity contribution < 1.29 is 9.84 Å². The van der Waals surface area contributed by atoms with Crippen molar-refractivity contribution in [3.8, 4) is 11.6 Å². The third-order valence-corrected chi connectivity index (χ3v) is 6.50. The Labute approximate surface area is 163 Å². The Bertz CT molecular complexity index is 910. The van der Waals surface area contributed by atoms with Crippen LogP contribution in [0.3, 0.4) is 0 Å². The van der Waals surface area contributed by atoms with Crippen LogP contribution in [0.15, 0.2) is 24.3 Å². The summed E-state index contributed by atoms with van der Waals surface area (Å²) < 4.78 is 6.90. The highest BCUT2D eigenvalue weighted by Crippen LogP contribution is 2.41. The van der Waals surface area contributed by atoms with Gasteiger partial charge in [-0.15, -0.1) is 5.10 Å². The number of aryl methyl sites for hydroxylation is 1. The summed E-state index contributed by atoms with van der Waals surface area (Å²) in [4.78, 5) is 8.67. The number of hydrogen-bond donors (Lipinski definition) is 1. The van der Waals surface area contributed by atoms with E-state index in [-0.39, 0.29) is 11.9 Å². The summed E-state index contributed by atoms with van der Waals surface area (Å²) in [6.07, 6.45) is 3.11. The van der Waals surface area contributed by atoms with Crippen LogP contribution >= 0.6 is 11.3 Å². The molecule has 2 aromatic heterocycles. The monoisotopic (exact) mass is 386 g/mol. The van der Waals surface area contributed by atoms with Gasteiger partial charge in [-0.2, -0.15) is 4.52 Å². The standard InChI is InChI=1S/C20H26N4O2S/c1-4-16-21-20-24(22-16)19(25)18(27-20)17(23-11-9-13(2)10-12-23)14-5-7-15(26-3)8-6-14/h5-8,13,17,25H,4,9-12H2,1-3H3. The minimum Gasteiger partial charge on any atom is -0.497 e. The number of benzene rings is 1. The molecule has 0 aliphatic carbocycles. The third kappa shape index (κ3) is 3.41. The average molecular weight is 387 g/mol. The average Bonchev–Trinajstić information content (AvgIpc) is 3.23. The van der Waals surface area contributed by atoms with E-state index < -0.39 is 0 Å². The van der Waals surface area contributed by atoms with Gasteiger partial charge >= 0.3 is 0 Å². The van der Waals surface area contributed by atoms with Crippen LogP contribution in [0.2, 0.25) is 0 Å². The van der Waals surface area contributed by atoms with E-state index in [1.54, 1.807) is 11.6 Å². The topological polar surface area (TPSA) is 62.9 Å². The Kier molecular flexibility index (Phi) is 5.06. The fourth-order valence-electron chi connectivity index (χ4n) is 3.72. The zero-order chi connectivity index (χ0) is 19.0. The van der Waals surface area contributed by atoms with Gasteiger partial charge in [-0.1, -0.05) is 37.3 Å². The quantitative estimate of drug-likeness (QED) is 0.721. The SMILES string of the molecule is CCc1nc2sc(C(c3ccc(OC)cc3)N3CCC(C)CC3)c(O)n2n1. The predicted octanol–water partition coefficient (Wildman–Crippen LogP) is 3.89. The number of rotatable bonds is 5. The number of aromatic nitrogens is 3. The van der Waals surface area contributed by atoms with Gasteiger partial charge in [0, 0.05) is 6.42 Å². The van der Waals surface area contributed by atoms with E-state index in [1.807, 2.05) is 19.1 Å². The molecule has 1 saturated heterocycles. The molecule has 3 heterocycles. The number of likely N-dealkylation sites (tertiary alicyclic amines) is 1. The normalized spacial score (nSPS) is 17.4. The summed E-state index contributed by atoms with van der Waals surface area (Å²) in [6.45, 7) is 6.37. The summed E-state index contributed by atoms with van der Waals surface area (Å²) in [5.41, 5.74) is 1.15. The second kappa shape index (κ2) is 7.48. The maximum absolute atomic E-state index is 10.9. The Morgan fingerprint density at radius 3 is 2.56 bits per heavy atom. The van der Waals surface area contributed by atoms with Crippen LogP contribution in [0.1, 0.15) is 49.0 Å². The number of nitrogens with zero attached hydrogens (tertiary/aromatic N) is 4. The summed E-state index contributed by atoms with van der Waals surface area (Å²) in [6, 6.07) is 8.15. The molecule has 1 atom stereocenters. The number of methoxy groups -OCH3 is 1. The van der Waals surface area contributed by atoms with Gasteiger partial charge in [-0.3, -0.25) is 4.90 Å². The molecule has 0 spiro atoms. The minimum atomic E-state index is 0.00184. The molecule has 6 nitrogen and oxygen atoms in total. The fourth-order valence-corrected chi connectivity index (χ4v) is 4.86. The lowest BCUT2D eigenvalue weighted by atomic mass is 9.95.